The van der Waals surface area contributed by atoms with Crippen LogP contribution in [0.2, 0.25) is 10.0 Å². The molecular weight excluding hydrogens is 453 g/mol. The molecule has 9 heteroatoms. The number of nitrogens with zero attached hydrogens (tertiary/aromatic N) is 1. The Kier molecular flexibility index (Phi) is 6.73. The summed E-state index contributed by atoms with van der Waals surface area (Å²) in [5.74, 6) is -0.695. The lowest BCUT2D eigenvalue weighted by atomic mass is 10.3. The number of sulfonamides is 1. The number of carbonyl (C=O) groups is 1. The average Bonchev–Trinajstić information content (AvgIpc) is 2.55. The maximum absolute atomic E-state index is 13.0. The molecule has 0 aromatic heterocycles. The third-order valence-corrected chi connectivity index (χ3v) is 6.01. The topological polar surface area (TPSA) is 63.7 Å². The highest BCUT2D eigenvalue weighted by atomic mass is 79.9. The smallest absolute Gasteiger partial charge is 0.326 e. The Morgan fingerprint density at radius 3 is 2.40 bits per heavy atom. The van der Waals surface area contributed by atoms with Gasteiger partial charge in [0.2, 0.25) is 0 Å². The van der Waals surface area contributed by atoms with E-state index in [1.807, 2.05) is 0 Å². The zero-order chi connectivity index (χ0) is 18.6. The van der Waals surface area contributed by atoms with Gasteiger partial charge in [-0.25, -0.2) is 8.42 Å². The van der Waals surface area contributed by atoms with Gasteiger partial charge in [0.15, 0.2) is 0 Å². The third kappa shape index (κ3) is 4.88. The van der Waals surface area contributed by atoms with Crippen LogP contribution >= 0.6 is 39.1 Å². The quantitative estimate of drug-likeness (QED) is 0.587. The Labute approximate surface area is 164 Å². The molecule has 2 aromatic rings. The zero-order valence-electron chi connectivity index (χ0n) is 13.1. The Bertz CT molecular complexity index is 872. The number of hydrogen-bond acceptors (Lipinski definition) is 4. The fraction of sp³-hybridized carbons (Fsp3) is 0.188. The summed E-state index contributed by atoms with van der Waals surface area (Å²) < 4.78 is 32.6. The molecule has 0 saturated heterocycles. The van der Waals surface area contributed by atoms with E-state index in [0.29, 0.717) is 5.02 Å². The van der Waals surface area contributed by atoms with E-state index in [0.717, 1.165) is 8.78 Å². The number of halogens is 3. The molecule has 5 nitrogen and oxygen atoms in total. The molecular formula is C16H14BrCl2NO4S. The molecule has 134 valence electrons. The third-order valence-electron chi connectivity index (χ3n) is 3.16. The summed E-state index contributed by atoms with van der Waals surface area (Å²) in [5.41, 5.74) is 0.102. The van der Waals surface area contributed by atoms with Crippen molar-refractivity contribution in [1.29, 1.82) is 0 Å². The molecule has 25 heavy (non-hydrogen) atoms. The van der Waals surface area contributed by atoms with Gasteiger partial charge in [0, 0.05) is 9.50 Å². The second-order valence-electron chi connectivity index (χ2n) is 4.87. The predicted octanol–water partition coefficient (Wildman–Crippen LogP) is 4.51. The van der Waals surface area contributed by atoms with Gasteiger partial charge in [-0.2, -0.15) is 0 Å². The highest BCUT2D eigenvalue weighted by Gasteiger charge is 2.29. The second-order valence-corrected chi connectivity index (χ2v) is 8.49. The molecule has 0 spiro atoms. The molecule has 0 atom stereocenters. The number of rotatable bonds is 6. The fourth-order valence-corrected chi connectivity index (χ4v) is 4.15. The summed E-state index contributed by atoms with van der Waals surface area (Å²) >= 11 is 15.4. The molecule has 0 radical (unpaired) electrons. The van der Waals surface area contributed by atoms with Crippen molar-refractivity contribution in [3.05, 3.63) is 57.0 Å². The largest absolute Gasteiger partial charge is 0.465 e. The Balaban J connectivity index is 2.55. The van der Waals surface area contributed by atoms with Crippen LogP contribution in [-0.4, -0.2) is 27.5 Å². The molecule has 0 N–H and O–H groups in total. The number of esters is 1. The van der Waals surface area contributed by atoms with Gasteiger partial charge in [-0.1, -0.05) is 39.1 Å². The zero-order valence-corrected chi connectivity index (χ0v) is 17.0. The molecule has 0 bridgehead atoms. The van der Waals surface area contributed by atoms with E-state index in [1.54, 1.807) is 19.1 Å². The SMILES string of the molecule is CCOC(=O)CN(c1cc(Cl)ccc1Cl)S(=O)(=O)c1ccc(Br)cc1. The van der Waals surface area contributed by atoms with Crippen molar-refractivity contribution in [2.45, 2.75) is 11.8 Å². The van der Waals surface area contributed by atoms with E-state index >= 15 is 0 Å². The van der Waals surface area contributed by atoms with Gasteiger partial charge in [0.25, 0.3) is 10.0 Å². The maximum Gasteiger partial charge on any atom is 0.326 e. The molecule has 0 unspecified atom stereocenters. The van der Waals surface area contributed by atoms with E-state index in [2.05, 4.69) is 15.9 Å². The van der Waals surface area contributed by atoms with Crippen LogP contribution in [0, 0.1) is 0 Å². The lowest BCUT2D eigenvalue weighted by Gasteiger charge is -2.24. The molecule has 0 heterocycles. The molecule has 0 aliphatic rings. The lowest BCUT2D eigenvalue weighted by molar-refractivity contribution is -0.141. The predicted molar refractivity (Wildman–Crippen MR) is 102 cm³/mol. The molecule has 0 fully saturated rings. The van der Waals surface area contributed by atoms with Gasteiger partial charge in [0.05, 0.1) is 22.2 Å². The highest BCUT2D eigenvalue weighted by Crippen LogP contribution is 2.33. The number of hydrogen-bond donors (Lipinski definition) is 0. The molecule has 0 aliphatic carbocycles. The van der Waals surface area contributed by atoms with Crippen molar-refractivity contribution in [3.63, 3.8) is 0 Å². The highest BCUT2D eigenvalue weighted by molar-refractivity contribution is 9.10. The van der Waals surface area contributed by atoms with Crippen LogP contribution in [0.25, 0.3) is 0 Å². The van der Waals surface area contributed by atoms with Gasteiger partial charge in [-0.05, 0) is 49.4 Å². The second kappa shape index (κ2) is 8.40. The van der Waals surface area contributed by atoms with Gasteiger partial charge in [-0.15, -0.1) is 0 Å². The number of carbonyl (C=O) groups excluding carboxylic acids is 1. The van der Waals surface area contributed by atoms with Crippen molar-refractivity contribution >= 4 is 60.8 Å². The average molecular weight is 467 g/mol. The summed E-state index contributed by atoms with van der Waals surface area (Å²) in [6.07, 6.45) is 0. The molecule has 2 aromatic carbocycles. The molecule has 0 amide bonds. The summed E-state index contributed by atoms with van der Waals surface area (Å²) in [4.78, 5) is 12.0. The van der Waals surface area contributed by atoms with E-state index < -0.39 is 22.5 Å². The van der Waals surface area contributed by atoms with E-state index in [1.165, 1.54) is 30.3 Å². The normalized spacial score (nSPS) is 11.2. The summed E-state index contributed by atoms with van der Waals surface area (Å²) in [7, 11) is -4.05. The van der Waals surface area contributed by atoms with Crippen molar-refractivity contribution in [1.82, 2.24) is 0 Å². The first-order chi connectivity index (χ1) is 11.8. The summed E-state index contributed by atoms with van der Waals surface area (Å²) in [6.45, 7) is 1.25. The lowest BCUT2D eigenvalue weighted by Crippen LogP contribution is -2.36. The monoisotopic (exact) mass is 465 g/mol. The maximum atomic E-state index is 13.0. The van der Waals surface area contributed by atoms with Crippen molar-refractivity contribution < 1.29 is 17.9 Å². The van der Waals surface area contributed by atoms with Gasteiger partial charge in [-0.3, -0.25) is 9.10 Å². The van der Waals surface area contributed by atoms with Crippen molar-refractivity contribution in [2.75, 3.05) is 17.5 Å². The van der Waals surface area contributed by atoms with Gasteiger partial charge < -0.3 is 4.74 Å². The Morgan fingerprint density at radius 2 is 1.80 bits per heavy atom. The van der Waals surface area contributed by atoms with E-state index in [4.69, 9.17) is 27.9 Å². The standard InChI is InChI=1S/C16H14BrCl2NO4S/c1-2-24-16(21)10-20(15-9-12(18)5-8-14(15)19)25(22,23)13-6-3-11(17)4-7-13/h3-9H,2,10H2,1H3. The first-order valence-electron chi connectivity index (χ1n) is 7.14. The van der Waals surface area contributed by atoms with Crippen LogP contribution in [0.1, 0.15) is 6.92 Å². The minimum atomic E-state index is -4.05. The first kappa shape index (κ1) is 20.0. The molecule has 0 saturated carbocycles. The number of benzene rings is 2. The summed E-state index contributed by atoms with van der Waals surface area (Å²) in [5, 5.41) is 0.439. The number of anilines is 1. The molecule has 0 aliphatic heterocycles. The van der Waals surface area contributed by atoms with Crippen LogP contribution in [0.4, 0.5) is 5.69 Å². The summed E-state index contributed by atoms with van der Waals surface area (Å²) in [6, 6.07) is 10.4. The van der Waals surface area contributed by atoms with Crippen LogP contribution in [0.15, 0.2) is 51.8 Å². The van der Waals surface area contributed by atoms with Gasteiger partial charge >= 0.3 is 5.97 Å². The van der Waals surface area contributed by atoms with Gasteiger partial charge in [0.1, 0.15) is 6.54 Å². The molecule has 2 rings (SSSR count). The first-order valence-corrected chi connectivity index (χ1v) is 10.1. The van der Waals surface area contributed by atoms with Crippen LogP contribution in [0.5, 0.6) is 0 Å². The minimum absolute atomic E-state index is 0.0102. The number of ether oxygens (including phenoxy) is 1. The van der Waals surface area contributed by atoms with Crippen LogP contribution in [0.3, 0.4) is 0 Å². The van der Waals surface area contributed by atoms with Crippen LogP contribution < -0.4 is 4.31 Å². The Hall–Kier alpha value is -1.28. The van der Waals surface area contributed by atoms with Crippen LogP contribution in [-0.2, 0) is 19.6 Å². The fourth-order valence-electron chi connectivity index (χ4n) is 2.03. The van der Waals surface area contributed by atoms with E-state index in [9.17, 15) is 13.2 Å². The van der Waals surface area contributed by atoms with E-state index in [-0.39, 0.29) is 22.2 Å². The minimum Gasteiger partial charge on any atom is -0.465 e. The van der Waals surface area contributed by atoms with Crippen molar-refractivity contribution in [2.24, 2.45) is 0 Å². The van der Waals surface area contributed by atoms with Crippen molar-refractivity contribution in [3.8, 4) is 0 Å². The Morgan fingerprint density at radius 1 is 1.16 bits per heavy atom.